The molecule has 1 N–H and O–H groups in total. The number of hydrogen-bond acceptors (Lipinski definition) is 5. The third-order valence-corrected chi connectivity index (χ3v) is 3.73. The van der Waals surface area contributed by atoms with Gasteiger partial charge in [-0.1, -0.05) is 11.6 Å². The summed E-state index contributed by atoms with van der Waals surface area (Å²) in [4.78, 5) is 19.4. The quantitative estimate of drug-likeness (QED) is 0.653. The van der Waals surface area contributed by atoms with Crippen molar-refractivity contribution < 1.29 is 14.6 Å². The molecule has 0 unspecified atom stereocenters. The van der Waals surface area contributed by atoms with Crippen LogP contribution in [0, 0.1) is 0 Å². The molecule has 1 aromatic heterocycles. The lowest BCUT2D eigenvalue weighted by atomic mass is 10.2. The van der Waals surface area contributed by atoms with Crippen molar-refractivity contribution in [2.45, 2.75) is 18.1 Å². The van der Waals surface area contributed by atoms with E-state index in [1.54, 1.807) is 19.2 Å². The van der Waals surface area contributed by atoms with Crippen molar-refractivity contribution in [2.24, 2.45) is 0 Å². The molecule has 0 bridgehead atoms. The van der Waals surface area contributed by atoms with Crippen molar-refractivity contribution in [3.63, 3.8) is 0 Å². The van der Waals surface area contributed by atoms with Gasteiger partial charge < -0.3 is 9.84 Å². The minimum Gasteiger partial charge on any atom is -0.481 e. The van der Waals surface area contributed by atoms with Crippen LogP contribution < -0.4 is 0 Å². The van der Waals surface area contributed by atoms with Gasteiger partial charge in [0.25, 0.3) is 0 Å². The van der Waals surface area contributed by atoms with Gasteiger partial charge in [-0.3, -0.25) is 4.79 Å². The van der Waals surface area contributed by atoms with E-state index in [0.29, 0.717) is 23.2 Å². The van der Waals surface area contributed by atoms with E-state index in [1.807, 2.05) is 6.07 Å². The summed E-state index contributed by atoms with van der Waals surface area (Å²) < 4.78 is 5.04. The second-order valence-electron chi connectivity index (χ2n) is 4.03. The fourth-order valence-corrected chi connectivity index (χ4v) is 2.79. The minimum absolute atomic E-state index is 0.0797. The van der Waals surface area contributed by atoms with E-state index in [0.717, 1.165) is 15.9 Å². The van der Waals surface area contributed by atoms with Crippen LogP contribution in [-0.2, 0) is 16.1 Å². The van der Waals surface area contributed by atoms with Gasteiger partial charge in [-0.2, -0.15) is 0 Å². The Morgan fingerprint density at radius 3 is 2.95 bits per heavy atom. The molecule has 0 aliphatic rings. The van der Waals surface area contributed by atoms with Crippen molar-refractivity contribution >= 4 is 40.2 Å². The number of rotatable bonds is 6. The van der Waals surface area contributed by atoms with Crippen LogP contribution in [-0.4, -0.2) is 33.9 Å². The Bertz CT molecular complexity index is 636. The van der Waals surface area contributed by atoms with Crippen LogP contribution in [0.3, 0.4) is 0 Å². The minimum atomic E-state index is -0.828. The molecule has 5 nitrogen and oxygen atoms in total. The molecule has 0 aliphatic carbocycles. The zero-order valence-electron chi connectivity index (χ0n) is 10.8. The molecule has 0 saturated carbocycles. The molecule has 0 spiro atoms. The average Bonchev–Trinajstić information content (AvgIpc) is 2.39. The van der Waals surface area contributed by atoms with Gasteiger partial charge in [-0.25, -0.2) is 9.97 Å². The summed E-state index contributed by atoms with van der Waals surface area (Å²) in [5, 5.41) is 10.9. The van der Waals surface area contributed by atoms with E-state index in [-0.39, 0.29) is 6.42 Å². The third-order valence-electron chi connectivity index (χ3n) is 2.50. The molecule has 106 valence electrons. The van der Waals surface area contributed by atoms with Gasteiger partial charge in [0.15, 0.2) is 5.82 Å². The summed E-state index contributed by atoms with van der Waals surface area (Å²) in [6, 6.07) is 5.37. The fourth-order valence-electron chi connectivity index (χ4n) is 1.66. The van der Waals surface area contributed by atoms with Crippen LogP contribution in [0.25, 0.3) is 10.9 Å². The highest BCUT2D eigenvalue weighted by Crippen LogP contribution is 2.28. The first-order valence-corrected chi connectivity index (χ1v) is 7.26. The number of hydrogen-bond donors (Lipinski definition) is 1. The molecule has 2 aromatic rings. The van der Waals surface area contributed by atoms with Gasteiger partial charge in [-0.05, 0) is 18.2 Å². The maximum absolute atomic E-state index is 10.6. The molecule has 2 rings (SSSR count). The SMILES string of the molecule is COCc1nc(SCCC(=O)O)c2cc(Cl)ccc2n1. The van der Waals surface area contributed by atoms with Crippen molar-refractivity contribution in [1.82, 2.24) is 9.97 Å². The smallest absolute Gasteiger partial charge is 0.304 e. The topological polar surface area (TPSA) is 72.3 Å². The predicted octanol–water partition coefficient (Wildman–Crippen LogP) is 3.00. The second-order valence-corrected chi connectivity index (χ2v) is 5.55. The molecule has 0 aliphatic heterocycles. The lowest BCUT2D eigenvalue weighted by Gasteiger charge is -2.08. The summed E-state index contributed by atoms with van der Waals surface area (Å²) in [5.74, 6) is 0.187. The summed E-state index contributed by atoms with van der Waals surface area (Å²) in [6.45, 7) is 0.311. The number of fused-ring (bicyclic) bond motifs is 1. The van der Waals surface area contributed by atoms with Crippen LogP contribution in [0.5, 0.6) is 0 Å². The number of carboxylic acids is 1. The second kappa shape index (κ2) is 6.88. The van der Waals surface area contributed by atoms with Gasteiger partial charge >= 0.3 is 5.97 Å². The number of carboxylic acid groups (broad SMARTS) is 1. The van der Waals surface area contributed by atoms with Crippen LogP contribution in [0.15, 0.2) is 23.2 Å². The average molecular weight is 313 g/mol. The van der Waals surface area contributed by atoms with Crippen molar-refractivity contribution in [1.29, 1.82) is 0 Å². The maximum Gasteiger partial charge on any atom is 0.304 e. The molecule has 1 aromatic carbocycles. The Morgan fingerprint density at radius 1 is 1.45 bits per heavy atom. The molecule has 1 heterocycles. The van der Waals surface area contributed by atoms with E-state index in [4.69, 9.17) is 21.4 Å². The molecular formula is C13H13ClN2O3S. The number of halogens is 1. The standard InChI is InChI=1S/C13H13ClN2O3S/c1-19-7-11-15-10-3-2-8(14)6-9(10)13(16-11)20-5-4-12(17)18/h2-3,6H,4-5,7H2,1H3,(H,17,18). The number of nitrogens with zero attached hydrogens (tertiary/aromatic N) is 2. The van der Waals surface area contributed by atoms with Crippen molar-refractivity contribution in [2.75, 3.05) is 12.9 Å². The van der Waals surface area contributed by atoms with E-state index in [9.17, 15) is 4.79 Å². The Labute approximate surface area is 125 Å². The number of methoxy groups -OCH3 is 1. The van der Waals surface area contributed by atoms with Gasteiger partial charge in [-0.15, -0.1) is 11.8 Å². The van der Waals surface area contributed by atoms with Crippen LogP contribution >= 0.6 is 23.4 Å². The molecule has 0 atom stereocenters. The monoisotopic (exact) mass is 312 g/mol. The normalized spacial score (nSPS) is 10.9. The number of thioether (sulfide) groups is 1. The molecule has 0 saturated heterocycles. The molecule has 20 heavy (non-hydrogen) atoms. The Kier molecular flexibility index (Phi) is 5.17. The number of carbonyl (C=O) groups is 1. The summed E-state index contributed by atoms with van der Waals surface area (Å²) in [5.41, 5.74) is 0.772. The lowest BCUT2D eigenvalue weighted by molar-refractivity contribution is -0.136. The Morgan fingerprint density at radius 2 is 2.25 bits per heavy atom. The summed E-state index contributed by atoms with van der Waals surface area (Å²) >= 11 is 7.37. The summed E-state index contributed by atoms with van der Waals surface area (Å²) in [7, 11) is 1.58. The van der Waals surface area contributed by atoms with Gasteiger partial charge in [0.05, 0.1) is 11.9 Å². The molecular weight excluding hydrogens is 300 g/mol. The largest absolute Gasteiger partial charge is 0.481 e. The number of ether oxygens (including phenoxy) is 1. The van der Waals surface area contributed by atoms with Crippen LogP contribution in [0.4, 0.5) is 0 Å². The number of aliphatic carboxylic acids is 1. The first-order chi connectivity index (χ1) is 9.60. The van der Waals surface area contributed by atoms with E-state index >= 15 is 0 Å². The first-order valence-electron chi connectivity index (χ1n) is 5.90. The highest BCUT2D eigenvalue weighted by molar-refractivity contribution is 7.99. The molecule has 0 fully saturated rings. The molecule has 0 radical (unpaired) electrons. The molecule has 7 heteroatoms. The van der Waals surface area contributed by atoms with E-state index < -0.39 is 5.97 Å². The molecule has 0 amide bonds. The van der Waals surface area contributed by atoms with E-state index in [1.165, 1.54) is 11.8 Å². The highest BCUT2D eigenvalue weighted by atomic mass is 35.5. The van der Waals surface area contributed by atoms with E-state index in [2.05, 4.69) is 9.97 Å². The third kappa shape index (κ3) is 3.82. The fraction of sp³-hybridized carbons (Fsp3) is 0.308. The van der Waals surface area contributed by atoms with Gasteiger partial charge in [0, 0.05) is 23.3 Å². The number of aromatic nitrogens is 2. The Balaban J connectivity index is 2.36. The Hall–Kier alpha value is -1.37. The first kappa shape index (κ1) is 15.0. The van der Waals surface area contributed by atoms with Crippen LogP contribution in [0.1, 0.15) is 12.2 Å². The van der Waals surface area contributed by atoms with Gasteiger partial charge in [0.1, 0.15) is 11.6 Å². The predicted molar refractivity (Wildman–Crippen MR) is 78.2 cm³/mol. The zero-order chi connectivity index (χ0) is 14.5. The van der Waals surface area contributed by atoms with Crippen molar-refractivity contribution in [3.05, 3.63) is 29.0 Å². The number of benzene rings is 1. The summed E-state index contributed by atoms with van der Waals surface area (Å²) in [6.07, 6.45) is 0.0797. The van der Waals surface area contributed by atoms with Crippen molar-refractivity contribution in [3.8, 4) is 0 Å². The lowest BCUT2D eigenvalue weighted by Crippen LogP contribution is -2.01. The zero-order valence-corrected chi connectivity index (χ0v) is 12.4. The van der Waals surface area contributed by atoms with Gasteiger partial charge in [0.2, 0.25) is 0 Å². The highest BCUT2D eigenvalue weighted by Gasteiger charge is 2.10. The van der Waals surface area contributed by atoms with Crippen LogP contribution in [0.2, 0.25) is 5.02 Å². The maximum atomic E-state index is 10.6.